The summed E-state index contributed by atoms with van der Waals surface area (Å²) in [5.74, 6) is -0.461. The van der Waals surface area contributed by atoms with Gasteiger partial charge in [-0.15, -0.1) is 0 Å². The second-order valence-corrected chi connectivity index (χ2v) is 7.83. The van der Waals surface area contributed by atoms with Gasteiger partial charge in [-0.1, -0.05) is 35.1 Å². The van der Waals surface area contributed by atoms with E-state index in [2.05, 4.69) is 4.98 Å². The number of nitrogens with zero attached hydrogens (tertiary/aromatic N) is 2. The van der Waals surface area contributed by atoms with Crippen molar-refractivity contribution in [1.82, 2.24) is 4.98 Å². The molecular weight excluding hydrogens is 434 g/mol. The molecule has 0 aliphatic rings. The van der Waals surface area contributed by atoms with Crippen LogP contribution in [0.2, 0.25) is 5.02 Å². The van der Waals surface area contributed by atoms with E-state index in [1.165, 1.54) is 28.4 Å². The van der Waals surface area contributed by atoms with Crippen molar-refractivity contribution in [1.29, 1.82) is 0 Å². The predicted octanol–water partition coefficient (Wildman–Crippen LogP) is 6.91. The van der Waals surface area contributed by atoms with Crippen LogP contribution in [0.15, 0.2) is 60.7 Å². The molecule has 4 aromatic rings. The van der Waals surface area contributed by atoms with E-state index in [4.69, 9.17) is 27.8 Å². The number of amides is 1. The molecule has 4 nitrogen and oxygen atoms in total. The number of hydrogen-bond acceptors (Lipinski definition) is 4. The fourth-order valence-electron chi connectivity index (χ4n) is 2.91. The number of carbonyl (C=O) groups is 1. The molecule has 0 unspecified atom stereocenters. The van der Waals surface area contributed by atoms with Gasteiger partial charge < -0.3 is 4.29 Å². The van der Waals surface area contributed by atoms with E-state index >= 15 is 0 Å². The van der Waals surface area contributed by atoms with E-state index in [1.54, 1.807) is 18.2 Å². The molecule has 29 heavy (non-hydrogen) atoms. The van der Waals surface area contributed by atoms with Gasteiger partial charge >= 0.3 is 0 Å². The largest absolute Gasteiger partial charge is 0.385 e. The third kappa shape index (κ3) is 3.79. The molecule has 0 saturated carbocycles. The number of carbonyl (C=O) groups excluding carboxylic acids is 1. The number of halogens is 3. The van der Waals surface area contributed by atoms with Crippen LogP contribution >= 0.6 is 34.8 Å². The van der Waals surface area contributed by atoms with Crippen molar-refractivity contribution in [3.05, 3.63) is 82.6 Å². The highest BCUT2D eigenvalue weighted by Crippen LogP contribution is 2.37. The number of rotatable bonds is 4. The lowest BCUT2D eigenvalue weighted by atomic mass is 10.1. The lowest BCUT2D eigenvalue weighted by Crippen LogP contribution is -2.26. The van der Waals surface area contributed by atoms with Gasteiger partial charge in [-0.2, -0.15) is 0 Å². The predicted molar refractivity (Wildman–Crippen MR) is 115 cm³/mol. The van der Waals surface area contributed by atoms with Crippen LogP contribution in [0.25, 0.3) is 10.2 Å². The molecule has 0 aliphatic heterocycles. The zero-order chi connectivity index (χ0) is 20.5. The molecule has 0 bridgehead atoms. The van der Waals surface area contributed by atoms with Crippen molar-refractivity contribution in [3.8, 4) is 5.75 Å². The van der Waals surface area contributed by atoms with Crippen molar-refractivity contribution >= 4 is 61.7 Å². The number of aryl methyl sites for hydroxylation is 1. The maximum absolute atomic E-state index is 13.5. The van der Waals surface area contributed by atoms with Gasteiger partial charge in [0.1, 0.15) is 23.4 Å². The second kappa shape index (κ2) is 7.99. The topological polar surface area (TPSA) is 42.4 Å². The number of fused-ring (bicyclic) bond motifs is 1. The SMILES string of the molecule is Cc1cc(N(C(=O)c2ccc(F)cc2Cl)c2nc3ccccc3s2)ccc1OCl. The van der Waals surface area contributed by atoms with Gasteiger partial charge in [-0.05, 0) is 61.0 Å². The number of thiazole rings is 1. The van der Waals surface area contributed by atoms with Crippen molar-refractivity contribution in [2.45, 2.75) is 6.92 Å². The molecule has 0 aliphatic carbocycles. The van der Waals surface area contributed by atoms with Crippen LogP contribution in [0, 0.1) is 12.7 Å². The van der Waals surface area contributed by atoms with Crippen molar-refractivity contribution in [2.24, 2.45) is 0 Å². The van der Waals surface area contributed by atoms with Crippen LogP contribution in [-0.2, 0) is 0 Å². The van der Waals surface area contributed by atoms with Gasteiger partial charge in [0, 0.05) is 0 Å². The molecule has 0 spiro atoms. The Bertz CT molecular complexity index is 1200. The first kappa shape index (κ1) is 19.6. The molecule has 0 saturated heterocycles. The van der Waals surface area contributed by atoms with E-state index in [-0.39, 0.29) is 10.6 Å². The summed E-state index contributed by atoms with van der Waals surface area (Å²) in [5.41, 5.74) is 2.24. The van der Waals surface area contributed by atoms with Crippen molar-refractivity contribution in [2.75, 3.05) is 4.90 Å². The first-order valence-electron chi connectivity index (χ1n) is 8.52. The smallest absolute Gasteiger partial charge is 0.266 e. The Morgan fingerprint density at radius 1 is 1.14 bits per heavy atom. The Morgan fingerprint density at radius 3 is 2.62 bits per heavy atom. The zero-order valence-corrected chi connectivity index (χ0v) is 17.4. The minimum Gasteiger partial charge on any atom is -0.385 e. The van der Waals surface area contributed by atoms with Crippen molar-refractivity contribution in [3.63, 3.8) is 0 Å². The Balaban J connectivity index is 1.88. The van der Waals surface area contributed by atoms with E-state index in [9.17, 15) is 9.18 Å². The van der Waals surface area contributed by atoms with E-state index < -0.39 is 11.7 Å². The molecule has 0 atom stereocenters. The van der Waals surface area contributed by atoms with E-state index in [1.807, 2.05) is 31.2 Å². The number of benzene rings is 3. The van der Waals surface area contributed by atoms with Gasteiger partial charge in [-0.3, -0.25) is 9.69 Å². The molecule has 3 aromatic carbocycles. The lowest BCUT2D eigenvalue weighted by Gasteiger charge is -2.21. The molecule has 1 amide bonds. The Kier molecular flexibility index (Phi) is 5.41. The highest BCUT2D eigenvalue weighted by atomic mass is 35.5. The van der Waals surface area contributed by atoms with E-state index in [0.29, 0.717) is 16.6 Å². The normalized spacial score (nSPS) is 10.9. The molecular formula is C21H13Cl2FN2O2S. The van der Waals surface area contributed by atoms with E-state index in [0.717, 1.165) is 21.8 Å². The average Bonchev–Trinajstić information content (AvgIpc) is 3.11. The highest BCUT2D eigenvalue weighted by Gasteiger charge is 2.25. The summed E-state index contributed by atoms with van der Waals surface area (Å²) in [7, 11) is 0. The lowest BCUT2D eigenvalue weighted by molar-refractivity contribution is 0.0999. The molecule has 0 N–H and O–H groups in total. The van der Waals surface area contributed by atoms with Gasteiger partial charge in [0.15, 0.2) is 5.13 Å². The number of aromatic nitrogens is 1. The first-order valence-corrected chi connectivity index (χ1v) is 10.0. The monoisotopic (exact) mass is 446 g/mol. The van der Waals surface area contributed by atoms with Gasteiger partial charge in [0.25, 0.3) is 5.91 Å². The minimum atomic E-state index is -0.516. The maximum atomic E-state index is 13.5. The molecule has 146 valence electrons. The molecule has 0 fully saturated rings. The number of hydrogen-bond donors (Lipinski definition) is 0. The molecule has 0 radical (unpaired) electrons. The van der Waals surface area contributed by atoms with Crippen LogP contribution in [0.5, 0.6) is 5.75 Å². The molecule has 4 rings (SSSR count). The van der Waals surface area contributed by atoms with Crippen LogP contribution in [-0.4, -0.2) is 10.9 Å². The summed E-state index contributed by atoms with van der Waals surface area (Å²) < 4.78 is 19.2. The number of anilines is 2. The second-order valence-electron chi connectivity index (χ2n) is 6.26. The van der Waals surface area contributed by atoms with Crippen molar-refractivity contribution < 1.29 is 13.5 Å². The van der Waals surface area contributed by atoms with Gasteiger partial charge in [-0.25, -0.2) is 9.37 Å². The van der Waals surface area contributed by atoms with Crippen LogP contribution in [0.4, 0.5) is 15.2 Å². The summed E-state index contributed by atoms with van der Waals surface area (Å²) in [5, 5.41) is 0.495. The fraction of sp³-hybridized carbons (Fsp3) is 0.0476. The highest BCUT2D eigenvalue weighted by molar-refractivity contribution is 7.22. The molecule has 1 aromatic heterocycles. The van der Waals surface area contributed by atoms with Crippen LogP contribution in [0.1, 0.15) is 15.9 Å². The molecule has 8 heteroatoms. The summed E-state index contributed by atoms with van der Waals surface area (Å²) in [6, 6.07) is 16.4. The van der Waals surface area contributed by atoms with Crippen LogP contribution < -0.4 is 9.19 Å². The average molecular weight is 447 g/mol. The summed E-state index contributed by atoms with van der Waals surface area (Å²) >= 11 is 13.0. The minimum absolute atomic E-state index is 0.0264. The number of para-hydroxylation sites is 1. The third-order valence-electron chi connectivity index (χ3n) is 4.34. The Morgan fingerprint density at radius 2 is 1.93 bits per heavy atom. The first-order chi connectivity index (χ1) is 14.0. The van der Waals surface area contributed by atoms with Gasteiger partial charge in [0.2, 0.25) is 0 Å². The Hall–Kier alpha value is -2.67. The summed E-state index contributed by atoms with van der Waals surface area (Å²) in [4.78, 5) is 19.5. The van der Waals surface area contributed by atoms with Gasteiger partial charge in [0.05, 0.1) is 26.5 Å². The fourth-order valence-corrected chi connectivity index (χ4v) is 4.32. The third-order valence-corrected chi connectivity index (χ3v) is 5.84. The quantitative estimate of drug-likeness (QED) is 0.342. The Labute approximate surface area is 180 Å². The molecule has 1 heterocycles. The maximum Gasteiger partial charge on any atom is 0.266 e. The summed E-state index contributed by atoms with van der Waals surface area (Å²) in [6.45, 7) is 1.81. The zero-order valence-electron chi connectivity index (χ0n) is 15.0. The standard InChI is InChI=1S/C21H13Cl2FN2O2S/c1-12-10-14(7-9-18(12)28-23)26(20(27)15-8-6-13(24)11-16(15)22)21-25-17-4-2-3-5-19(17)29-21/h2-11H,1H3. The summed E-state index contributed by atoms with van der Waals surface area (Å²) in [6.07, 6.45) is 0. The van der Waals surface area contributed by atoms with Crippen LogP contribution in [0.3, 0.4) is 0 Å².